The zero-order valence-electron chi connectivity index (χ0n) is 15.1. The smallest absolute Gasteiger partial charge is 0.332 e. The molecule has 0 saturated carbocycles. The number of nitrogens with zero attached hydrogens (tertiary/aromatic N) is 4. The highest BCUT2D eigenvalue weighted by atomic mass is 31.3. The largest absolute Gasteiger partial charge is 0.806 e. The lowest BCUT2D eigenvalue weighted by Crippen LogP contribution is -2.35. The van der Waals surface area contributed by atoms with Gasteiger partial charge in [-0.05, 0) is 12.8 Å². The van der Waals surface area contributed by atoms with E-state index in [1.807, 2.05) is 0 Å². The maximum Gasteiger partial charge on any atom is 0.332 e. The lowest BCUT2D eigenvalue weighted by molar-refractivity contribution is -0.331. The lowest BCUT2D eigenvalue weighted by atomic mass is 10.2. The van der Waals surface area contributed by atoms with Crippen LogP contribution in [0.1, 0.15) is 19.1 Å². The molecule has 2 aromatic heterocycles. The summed E-state index contributed by atoms with van der Waals surface area (Å²) in [5.41, 5.74) is 6.38. The number of rotatable bonds is 8. The molecule has 14 nitrogen and oxygen atoms in total. The van der Waals surface area contributed by atoms with Gasteiger partial charge in [0.25, 0.3) is 0 Å². The fraction of sp³-hybridized carbons (Fsp3) is 0.545. The van der Waals surface area contributed by atoms with Crippen LogP contribution in [-0.4, -0.2) is 45.2 Å². The lowest BCUT2D eigenvalue weighted by Gasteiger charge is -2.46. The summed E-state index contributed by atoms with van der Waals surface area (Å²) in [7, 11) is -14.1. The molecule has 20 heteroatoms. The zero-order valence-corrected chi connectivity index (χ0v) is 17.8. The first-order valence-electron chi connectivity index (χ1n) is 8.19. The van der Waals surface area contributed by atoms with E-state index in [4.69, 9.17) is 18.0 Å². The van der Waals surface area contributed by atoms with E-state index in [0.717, 1.165) is 0 Å². The van der Waals surface area contributed by atoms with Gasteiger partial charge < -0.3 is 50.9 Å². The van der Waals surface area contributed by atoms with Crippen molar-refractivity contribution in [3.8, 4) is 0 Å². The number of anilines is 1. The van der Waals surface area contributed by atoms with Crippen LogP contribution in [0.15, 0.2) is 12.7 Å². The van der Waals surface area contributed by atoms with Crippen LogP contribution < -0.4 is 20.4 Å². The summed E-state index contributed by atoms with van der Waals surface area (Å²) >= 11 is 0. The van der Waals surface area contributed by atoms with Crippen LogP contribution in [0.2, 0.25) is 0 Å². The quantitative estimate of drug-likeness (QED) is 0.355. The van der Waals surface area contributed by atoms with Crippen molar-refractivity contribution in [3.63, 3.8) is 0 Å². The van der Waals surface area contributed by atoms with Crippen LogP contribution in [0.4, 0.5) is 14.6 Å². The molecule has 0 spiro atoms. The second kappa shape index (κ2) is 8.25. The number of aromatic nitrogens is 4. The van der Waals surface area contributed by atoms with Crippen LogP contribution in [0, 0.1) is 0 Å². The molecule has 1 fully saturated rings. The van der Waals surface area contributed by atoms with Crippen molar-refractivity contribution < 1.29 is 50.7 Å². The van der Waals surface area contributed by atoms with Crippen LogP contribution in [0.3, 0.4) is 0 Å². The third kappa shape index (κ3) is 4.90. The van der Waals surface area contributed by atoms with Gasteiger partial charge in [0.05, 0.1) is 26.5 Å². The summed E-state index contributed by atoms with van der Waals surface area (Å²) in [6.45, 7) is -0.661. The van der Waals surface area contributed by atoms with Gasteiger partial charge >= 0.3 is 5.40 Å². The first kappa shape index (κ1) is 24.4. The molecule has 3 radical (unpaired) electrons. The minimum absolute atomic E-state index is 0.141. The molecule has 4 unspecified atom stereocenters. The molecule has 0 aromatic carbocycles. The average molecular weight is 500 g/mol. The van der Waals surface area contributed by atoms with E-state index >= 15 is 0 Å². The molecule has 0 amide bonds. The predicted octanol–water partition coefficient (Wildman–Crippen LogP) is -0.587. The Morgan fingerprint density at radius 3 is 2.58 bits per heavy atom. The van der Waals surface area contributed by atoms with Gasteiger partial charge in [0.15, 0.2) is 11.5 Å². The number of nitrogens with two attached hydrogens (primary N) is 1. The van der Waals surface area contributed by atoms with Gasteiger partial charge in [-0.2, -0.15) is 8.78 Å². The Kier molecular flexibility index (Phi) is 6.49. The summed E-state index contributed by atoms with van der Waals surface area (Å²) in [6.07, 6.45) is 1.78. The van der Waals surface area contributed by atoms with E-state index in [9.17, 15) is 37.2 Å². The number of halogens is 2. The Morgan fingerprint density at radius 1 is 1.26 bits per heavy atom. The number of nitrogen functional groups attached to an aromatic ring is 1. The topological polar surface area (TPSA) is 218 Å². The monoisotopic (exact) mass is 500 g/mol. The van der Waals surface area contributed by atoms with E-state index in [-0.39, 0.29) is 12.2 Å². The van der Waals surface area contributed by atoms with E-state index < -0.39 is 47.0 Å². The number of hydrogen-bond acceptors (Lipinski definition) is 13. The molecule has 1 aliphatic rings. The van der Waals surface area contributed by atoms with Gasteiger partial charge in [-0.25, -0.2) is 15.0 Å². The Bertz CT molecular complexity index is 1130. The van der Waals surface area contributed by atoms with Crippen molar-refractivity contribution in [3.05, 3.63) is 12.7 Å². The maximum atomic E-state index is 13.3. The fourth-order valence-corrected chi connectivity index (χ4v) is 6.34. The van der Waals surface area contributed by atoms with Crippen LogP contribution in [0.5, 0.6) is 0 Å². The SMILES string of the molecule is [B-]P(=O)(OCC1CCC(n2cnc3c(N)ncnc32)O1)OP(=O)([O-])C(F)(F)P(=O)([O-])[O-]. The highest BCUT2D eigenvalue weighted by Crippen LogP contribution is 2.72. The summed E-state index contributed by atoms with van der Waals surface area (Å²) in [5, 5.41) is -5.88. The molecule has 3 heterocycles. The summed E-state index contributed by atoms with van der Waals surface area (Å²) < 4.78 is 75.5. The second-order valence-electron chi connectivity index (χ2n) is 6.29. The van der Waals surface area contributed by atoms with Crippen molar-refractivity contribution in [1.82, 2.24) is 19.5 Å². The molecule has 4 atom stereocenters. The van der Waals surface area contributed by atoms with Gasteiger partial charge in [0, 0.05) is 7.60 Å². The Morgan fingerprint density at radius 2 is 1.94 bits per heavy atom. The van der Waals surface area contributed by atoms with E-state index in [2.05, 4.69) is 23.8 Å². The van der Waals surface area contributed by atoms with Gasteiger partial charge in [-0.1, -0.05) is 0 Å². The van der Waals surface area contributed by atoms with Crippen molar-refractivity contribution in [2.75, 3.05) is 12.3 Å². The standard InChI is InChI=1S/C11H15BF2N5O9P3/c12-31(25,28-30(23,24)11(13,14)29(20,21)22)26-3-6-1-2-7(27-6)19-5-18-8-9(15)16-4-17-10(8)19/h4-7H,1-3H2,(H,23,24)(H2,15,16,17)(H2,20,21,22)/q-1/p-3. The molecule has 1 saturated heterocycles. The third-order valence-corrected chi connectivity index (χ3v) is 9.17. The minimum atomic E-state index is -6.99. The second-order valence-corrected chi connectivity index (χ2v) is 11.8. The van der Waals surface area contributed by atoms with Crippen LogP contribution >= 0.6 is 22.7 Å². The van der Waals surface area contributed by atoms with Gasteiger partial charge in [-0.3, -0.25) is 8.88 Å². The van der Waals surface area contributed by atoms with Crippen LogP contribution in [0.25, 0.3) is 11.2 Å². The number of imidazole rings is 1. The molecule has 0 bridgehead atoms. The first-order chi connectivity index (χ1) is 14.1. The van der Waals surface area contributed by atoms with Gasteiger partial charge in [-0.15, -0.1) is 0 Å². The third-order valence-electron chi connectivity index (χ3n) is 4.10. The number of ether oxygens (including phenoxy) is 1. The average Bonchev–Trinajstić information content (AvgIpc) is 3.25. The van der Waals surface area contributed by atoms with E-state index in [0.29, 0.717) is 17.6 Å². The van der Waals surface area contributed by atoms with Gasteiger partial charge in [0.1, 0.15) is 18.1 Å². The number of hydrogen-bond donors (Lipinski definition) is 1. The summed E-state index contributed by atoms with van der Waals surface area (Å²) in [5.74, 6) is 0.141. The molecule has 31 heavy (non-hydrogen) atoms. The number of fused-ring (bicyclic) bond motifs is 1. The van der Waals surface area contributed by atoms with Crippen molar-refractivity contribution in [2.45, 2.75) is 30.6 Å². The Balaban J connectivity index is 1.63. The van der Waals surface area contributed by atoms with Crippen molar-refractivity contribution in [2.24, 2.45) is 0 Å². The van der Waals surface area contributed by atoms with Crippen molar-refractivity contribution in [1.29, 1.82) is 0 Å². The molecule has 3 rings (SSSR count). The van der Waals surface area contributed by atoms with Gasteiger partial charge in [0.2, 0.25) is 7.60 Å². The normalized spacial score (nSPS) is 24.2. The summed E-state index contributed by atoms with van der Waals surface area (Å²) in [6, 6.07) is 0. The maximum absolute atomic E-state index is 13.3. The van der Waals surface area contributed by atoms with E-state index in [1.54, 1.807) is 0 Å². The number of alkyl halides is 2. The molecule has 0 aliphatic carbocycles. The molecular weight excluding hydrogens is 488 g/mol. The summed E-state index contributed by atoms with van der Waals surface area (Å²) in [4.78, 5) is 44.2. The fourth-order valence-electron chi connectivity index (χ4n) is 2.65. The Labute approximate surface area is 173 Å². The highest BCUT2D eigenvalue weighted by Gasteiger charge is 2.48. The molecule has 171 valence electrons. The van der Waals surface area contributed by atoms with Crippen LogP contribution in [-0.2, 0) is 27.3 Å². The zero-order chi connectivity index (χ0) is 23.2. The van der Waals surface area contributed by atoms with Crippen molar-refractivity contribution >= 4 is 47.2 Å². The first-order valence-corrected chi connectivity index (χ1v) is 12.9. The minimum Gasteiger partial charge on any atom is -0.806 e. The Hall–Kier alpha value is -1.28. The molecule has 1 aliphatic heterocycles. The van der Waals surface area contributed by atoms with E-state index in [1.165, 1.54) is 17.2 Å². The molecular formula is C11H12BF2N5O9P3-4. The molecule has 2 N–H and O–H groups in total. The predicted molar refractivity (Wildman–Crippen MR) is 93.4 cm³/mol. The molecule has 2 aromatic rings. The highest BCUT2D eigenvalue weighted by molar-refractivity contribution is 7.85.